The Morgan fingerprint density at radius 2 is 1.95 bits per heavy atom. The molecule has 0 radical (unpaired) electrons. The van der Waals surface area contributed by atoms with E-state index in [9.17, 15) is 8.42 Å². The molecule has 1 saturated heterocycles. The van der Waals surface area contributed by atoms with Crippen molar-refractivity contribution in [1.29, 1.82) is 0 Å². The summed E-state index contributed by atoms with van der Waals surface area (Å²) in [6.45, 7) is 4.39. The first-order chi connectivity index (χ1) is 10.5. The lowest BCUT2D eigenvalue weighted by atomic mass is 10.1. The molecule has 120 valence electrons. The van der Waals surface area contributed by atoms with Crippen LogP contribution in [-0.2, 0) is 16.5 Å². The molecule has 1 fully saturated rings. The van der Waals surface area contributed by atoms with Gasteiger partial charge in [-0.2, -0.15) is 0 Å². The van der Waals surface area contributed by atoms with Gasteiger partial charge in [-0.3, -0.25) is 9.47 Å². The molecule has 2 aromatic rings. The lowest BCUT2D eigenvalue weighted by molar-refractivity contribution is 0.181. The number of benzene rings is 1. The summed E-state index contributed by atoms with van der Waals surface area (Å²) in [6, 6.07) is 4.96. The normalized spacial score (nSPS) is 17.1. The zero-order chi connectivity index (χ0) is 15.7. The molecule has 22 heavy (non-hydrogen) atoms. The average Bonchev–Trinajstić information content (AvgIpc) is 2.83. The molecule has 3 rings (SSSR count). The summed E-state index contributed by atoms with van der Waals surface area (Å²) in [7, 11) is -3.23. The molecule has 0 aliphatic carbocycles. The minimum atomic E-state index is -3.23. The maximum atomic E-state index is 12.1. The van der Waals surface area contributed by atoms with Crippen molar-refractivity contribution in [1.82, 2.24) is 9.47 Å². The third kappa shape index (κ3) is 2.98. The predicted molar refractivity (Wildman–Crippen MR) is 88.2 cm³/mol. The van der Waals surface area contributed by atoms with E-state index in [1.807, 2.05) is 4.57 Å². The summed E-state index contributed by atoms with van der Waals surface area (Å²) in [5.41, 5.74) is 1.39. The van der Waals surface area contributed by atoms with Gasteiger partial charge in [-0.25, -0.2) is 8.42 Å². The molecular weight excluding hydrogens is 320 g/mol. The highest BCUT2D eigenvalue weighted by Gasteiger charge is 2.17. The Bertz CT molecular complexity index is 830. The number of fused-ring (bicyclic) bond motifs is 1. The van der Waals surface area contributed by atoms with E-state index >= 15 is 0 Å². The fraction of sp³-hybridized carbons (Fsp3) is 0.533. The zero-order valence-electron chi connectivity index (χ0n) is 12.6. The van der Waals surface area contributed by atoms with Crippen LogP contribution in [0.15, 0.2) is 27.5 Å². The molecule has 5 nitrogen and oxygen atoms in total. The van der Waals surface area contributed by atoms with E-state index < -0.39 is 9.84 Å². The van der Waals surface area contributed by atoms with Crippen molar-refractivity contribution >= 4 is 33.2 Å². The maximum Gasteiger partial charge on any atom is 0.270 e. The van der Waals surface area contributed by atoms with Crippen LogP contribution in [0.1, 0.15) is 26.2 Å². The minimum Gasteiger partial charge on any atom is -0.429 e. The molecule has 0 N–H and O–H groups in total. The van der Waals surface area contributed by atoms with Crippen molar-refractivity contribution in [3.8, 4) is 0 Å². The molecule has 0 atom stereocenters. The number of rotatable bonds is 4. The Labute approximate surface area is 135 Å². The Morgan fingerprint density at radius 1 is 1.23 bits per heavy atom. The van der Waals surface area contributed by atoms with Crippen molar-refractivity contribution in [2.45, 2.75) is 37.8 Å². The molecule has 1 aliphatic rings. The molecule has 7 heteroatoms. The number of aromatic nitrogens is 1. The molecule has 1 aromatic heterocycles. The van der Waals surface area contributed by atoms with Gasteiger partial charge in [0.2, 0.25) is 0 Å². The van der Waals surface area contributed by atoms with Gasteiger partial charge in [0.15, 0.2) is 15.4 Å². The van der Waals surface area contributed by atoms with Crippen LogP contribution in [-0.4, -0.2) is 36.7 Å². The number of oxazole rings is 1. The lowest BCUT2D eigenvalue weighted by Gasteiger charge is -2.26. The van der Waals surface area contributed by atoms with E-state index in [4.69, 9.17) is 16.6 Å². The highest BCUT2D eigenvalue weighted by molar-refractivity contribution is 7.91. The second-order valence-electron chi connectivity index (χ2n) is 5.65. The molecular formula is C15H20N2O3S2. The van der Waals surface area contributed by atoms with Gasteiger partial charge in [0.25, 0.3) is 4.84 Å². The molecule has 0 saturated carbocycles. The molecule has 0 spiro atoms. The van der Waals surface area contributed by atoms with Crippen LogP contribution in [0.4, 0.5) is 0 Å². The number of hydrogen-bond acceptors (Lipinski definition) is 5. The zero-order valence-corrected chi connectivity index (χ0v) is 14.3. The number of nitrogens with zero attached hydrogens (tertiary/aromatic N) is 2. The Kier molecular flexibility index (Phi) is 4.38. The predicted octanol–water partition coefficient (Wildman–Crippen LogP) is 3.20. The van der Waals surface area contributed by atoms with Crippen LogP contribution in [0, 0.1) is 4.84 Å². The fourth-order valence-corrected chi connectivity index (χ4v) is 3.98. The lowest BCUT2D eigenvalue weighted by Crippen LogP contribution is -2.31. The maximum absolute atomic E-state index is 12.1. The minimum absolute atomic E-state index is 0.0865. The Morgan fingerprint density at radius 3 is 2.64 bits per heavy atom. The van der Waals surface area contributed by atoms with E-state index in [-0.39, 0.29) is 5.75 Å². The second-order valence-corrected chi connectivity index (χ2v) is 8.28. The van der Waals surface area contributed by atoms with Gasteiger partial charge in [0, 0.05) is 0 Å². The summed E-state index contributed by atoms with van der Waals surface area (Å²) < 4.78 is 31.6. The monoisotopic (exact) mass is 340 g/mol. The van der Waals surface area contributed by atoms with Gasteiger partial charge in [0.05, 0.1) is 22.8 Å². The summed E-state index contributed by atoms with van der Waals surface area (Å²) in [5.74, 6) is 0.0865. The van der Waals surface area contributed by atoms with E-state index in [0.29, 0.717) is 22.0 Å². The SMILES string of the molecule is CCS(=O)(=O)c1ccc2oc(=S)n(CN3CCCCC3)c2c1. The fourth-order valence-electron chi connectivity index (χ4n) is 2.84. The number of piperidine rings is 1. The van der Waals surface area contributed by atoms with Crippen molar-refractivity contribution in [2.75, 3.05) is 18.8 Å². The average molecular weight is 340 g/mol. The third-order valence-electron chi connectivity index (χ3n) is 4.17. The van der Waals surface area contributed by atoms with Crippen LogP contribution in [0.2, 0.25) is 0 Å². The molecule has 1 aromatic carbocycles. The van der Waals surface area contributed by atoms with Gasteiger partial charge in [-0.15, -0.1) is 0 Å². The van der Waals surface area contributed by atoms with Crippen molar-refractivity contribution < 1.29 is 12.8 Å². The quantitative estimate of drug-likeness (QED) is 0.800. The van der Waals surface area contributed by atoms with Crippen LogP contribution in [0.25, 0.3) is 11.1 Å². The van der Waals surface area contributed by atoms with E-state index in [1.54, 1.807) is 25.1 Å². The van der Waals surface area contributed by atoms with Gasteiger partial charge >= 0.3 is 0 Å². The molecule has 0 amide bonds. The van der Waals surface area contributed by atoms with E-state index in [2.05, 4.69) is 4.90 Å². The van der Waals surface area contributed by atoms with Crippen LogP contribution < -0.4 is 0 Å². The first-order valence-corrected chi connectivity index (χ1v) is 9.66. The third-order valence-corrected chi connectivity index (χ3v) is 6.20. The molecule has 1 aliphatic heterocycles. The number of hydrogen-bond donors (Lipinski definition) is 0. The largest absolute Gasteiger partial charge is 0.429 e. The van der Waals surface area contributed by atoms with Crippen molar-refractivity contribution in [3.63, 3.8) is 0 Å². The number of likely N-dealkylation sites (tertiary alicyclic amines) is 1. The van der Waals surface area contributed by atoms with Crippen LogP contribution >= 0.6 is 12.2 Å². The first-order valence-electron chi connectivity index (χ1n) is 7.60. The topological polar surface area (TPSA) is 55.5 Å². The summed E-state index contributed by atoms with van der Waals surface area (Å²) in [6.07, 6.45) is 3.66. The Balaban J connectivity index is 2.03. The van der Waals surface area contributed by atoms with Crippen molar-refractivity contribution in [2.24, 2.45) is 0 Å². The van der Waals surface area contributed by atoms with Crippen LogP contribution in [0.3, 0.4) is 0 Å². The molecule has 0 unspecified atom stereocenters. The van der Waals surface area contributed by atoms with Crippen molar-refractivity contribution in [3.05, 3.63) is 23.0 Å². The second kappa shape index (κ2) is 6.14. The van der Waals surface area contributed by atoms with E-state index in [1.165, 1.54) is 19.3 Å². The number of sulfone groups is 1. The van der Waals surface area contributed by atoms with Gasteiger partial charge in [0.1, 0.15) is 0 Å². The van der Waals surface area contributed by atoms with Gasteiger partial charge < -0.3 is 4.42 Å². The molecule has 2 heterocycles. The Hall–Kier alpha value is -1.18. The smallest absolute Gasteiger partial charge is 0.270 e. The van der Waals surface area contributed by atoms with Gasteiger partial charge in [-0.1, -0.05) is 13.3 Å². The van der Waals surface area contributed by atoms with Crippen LogP contribution in [0.5, 0.6) is 0 Å². The first kappa shape index (κ1) is 15.7. The highest BCUT2D eigenvalue weighted by atomic mass is 32.2. The summed E-state index contributed by atoms with van der Waals surface area (Å²) in [4.78, 5) is 3.05. The standard InChI is InChI=1S/C15H20N2O3S2/c1-2-22(18,19)12-6-7-14-13(10-12)17(15(21)20-14)11-16-8-4-3-5-9-16/h6-7,10H,2-5,8-9,11H2,1H3. The molecule has 0 bridgehead atoms. The highest BCUT2D eigenvalue weighted by Crippen LogP contribution is 2.23. The summed E-state index contributed by atoms with van der Waals surface area (Å²) in [5, 5.41) is 0. The summed E-state index contributed by atoms with van der Waals surface area (Å²) >= 11 is 5.31. The van der Waals surface area contributed by atoms with Gasteiger partial charge in [-0.05, 0) is 56.3 Å². The van der Waals surface area contributed by atoms with E-state index in [0.717, 1.165) is 18.6 Å².